The molecule has 0 bridgehead atoms. The number of aliphatic hydroxyl groups excluding tert-OH is 1. The molecule has 10 aromatic rings. The summed E-state index contributed by atoms with van der Waals surface area (Å²) in [6, 6.07) is 70.4. The van der Waals surface area contributed by atoms with Gasteiger partial charge in [0.2, 0.25) is 0 Å². The molecule has 522 valence electrons. The van der Waals surface area contributed by atoms with Crippen LogP contribution in [0, 0.1) is 0 Å². The predicted molar refractivity (Wildman–Crippen MR) is 396 cm³/mol. The SMILES string of the molecule is CCOC(=O)CN.CCOC(=O)CNCc1ccc(OCCc2ccccc2)s1.COc1cccs1.Cl.O=C(O)CNCc1ccc(OCCc2ccccc2)s1.O=Cc1ccc(OCCc2ccccc2)s1.OCCc1ccccc1.[Li+].[OH-].c1ccc(CCOc2cccs2)cc1. The maximum Gasteiger partial charge on any atom is 1.00 e. The number of carbonyl (C=O) groups excluding carboxylic acids is 3. The molecular weight excluding hydrogens is 1360 g/mol. The minimum atomic E-state index is -0.846. The maximum absolute atomic E-state index is 11.2. The minimum Gasteiger partial charge on any atom is -0.870 e. The number of esters is 2. The maximum atomic E-state index is 11.2. The van der Waals surface area contributed by atoms with Gasteiger partial charge in [0.1, 0.15) is 0 Å². The van der Waals surface area contributed by atoms with Crippen LogP contribution in [-0.4, -0.2) is 113 Å². The van der Waals surface area contributed by atoms with Crippen molar-refractivity contribution in [1.29, 1.82) is 0 Å². The molecule has 0 saturated heterocycles. The monoisotopic (exact) mass is 1450 g/mol. The third kappa shape index (κ3) is 43.6. The number of hydrogen-bond acceptors (Lipinski definition) is 21. The number of nitrogens with two attached hydrogens (primary N) is 1. The first-order chi connectivity index (χ1) is 46.5. The number of ether oxygens (including phenoxy) is 7. The molecular formula is C74H89ClLiN3O14S5. The van der Waals surface area contributed by atoms with E-state index in [1.165, 1.54) is 39.2 Å². The van der Waals surface area contributed by atoms with E-state index in [0.717, 1.165) is 80.1 Å². The van der Waals surface area contributed by atoms with Crippen LogP contribution in [0.2, 0.25) is 0 Å². The quantitative estimate of drug-likeness (QED) is 0.0154. The average Bonchev–Trinajstić information content (AvgIpc) is 2.55. The third-order valence-corrected chi connectivity index (χ3v) is 16.8. The van der Waals surface area contributed by atoms with E-state index >= 15 is 0 Å². The van der Waals surface area contributed by atoms with E-state index in [0.29, 0.717) is 51.0 Å². The van der Waals surface area contributed by atoms with Crippen LogP contribution in [-0.2, 0) is 69.1 Å². The van der Waals surface area contributed by atoms with Gasteiger partial charge >= 0.3 is 36.8 Å². The number of carboxylic acids is 1. The molecule has 5 heterocycles. The fraction of sp³-hybridized carbons (Fsp3) is 0.270. The van der Waals surface area contributed by atoms with E-state index in [1.807, 2.05) is 156 Å². The summed E-state index contributed by atoms with van der Waals surface area (Å²) in [7, 11) is 1.67. The molecule has 98 heavy (non-hydrogen) atoms. The van der Waals surface area contributed by atoms with E-state index in [2.05, 4.69) is 76.0 Å². The summed E-state index contributed by atoms with van der Waals surface area (Å²) in [5.41, 5.74) is 11.2. The number of aldehydes is 1. The molecule has 0 saturated carbocycles. The van der Waals surface area contributed by atoms with Crippen molar-refractivity contribution in [3.05, 3.63) is 266 Å². The predicted octanol–water partition coefficient (Wildman–Crippen LogP) is 11.9. The Bertz CT molecular complexity index is 3480. The van der Waals surface area contributed by atoms with Crippen LogP contribution in [0.3, 0.4) is 0 Å². The number of halogens is 1. The second kappa shape index (κ2) is 58.3. The van der Waals surface area contributed by atoms with Crippen LogP contribution in [0.1, 0.15) is 61.1 Å². The van der Waals surface area contributed by atoms with Gasteiger partial charge in [0, 0.05) is 55.1 Å². The Morgan fingerprint density at radius 3 is 1.13 bits per heavy atom. The van der Waals surface area contributed by atoms with Gasteiger partial charge in [-0.2, -0.15) is 0 Å². The van der Waals surface area contributed by atoms with Crippen molar-refractivity contribution in [2.75, 3.05) is 73.0 Å². The standard InChI is InChI=1S/C17H21NO3S.C15H17NO3S.C13H12O2S.C12H12OS.C8H10O.C5H6OS.C4H9NO2.ClH.Li.H2O/c1-2-20-16(19)13-18-12-15-8-9-17(22-15)21-11-10-14-6-4-3-5-7-14;17-14(18)11-16-10-13-6-7-15(20-13)19-9-8-12-4-2-1-3-5-12;14-10-12-6-7-13(16-12)15-9-8-11-4-2-1-3-5-11;1-2-5-11(6-3-1)8-9-13-12-7-4-10-14-12;9-7-6-8-4-2-1-3-5-8;1-6-5-3-2-4-7-5;1-2-7-4(6)3-5;;;/h3-9,18H,2,10-13H2,1H3;1-7,16H,8-11H2,(H,17,18);1-7,10H,8-9H2;1-7,10H,8-9H2;1-5,9H,6-7H2;2-4H,1H3;2-3,5H2,1H3;1H;;1H2/q;;;;;;;;+1;/p-1. The van der Waals surface area contributed by atoms with E-state index in [-0.39, 0.29) is 74.9 Å². The molecule has 0 unspecified atom stereocenters. The smallest absolute Gasteiger partial charge is 0.870 e. The van der Waals surface area contributed by atoms with Gasteiger partial charge in [0.25, 0.3) is 0 Å². The van der Waals surface area contributed by atoms with Crippen molar-refractivity contribution in [3.63, 3.8) is 0 Å². The van der Waals surface area contributed by atoms with Gasteiger partial charge in [0.15, 0.2) is 31.6 Å². The molecule has 0 spiro atoms. The number of benzene rings is 5. The molecule has 0 aliphatic rings. The summed E-state index contributed by atoms with van der Waals surface area (Å²) >= 11 is 7.75. The molecule has 10 rings (SSSR count). The van der Waals surface area contributed by atoms with Gasteiger partial charge in [0.05, 0.1) is 71.3 Å². The van der Waals surface area contributed by atoms with Crippen molar-refractivity contribution in [2.24, 2.45) is 5.73 Å². The van der Waals surface area contributed by atoms with Crippen molar-refractivity contribution < 1.29 is 86.9 Å². The molecule has 5 aromatic carbocycles. The van der Waals surface area contributed by atoms with Crippen molar-refractivity contribution >= 4 is 93.3 Å². The Labute approximate surface area is 614 Å². The number of rotatable bonds is 31. The van der Waals surface area contributed by atoms with Crippen molar-refractivity contribution in [2.45, 2.75) is 59.0 Å². The van der Waals surface area contributed by atoms with Gasteiger partial charge in [-0.1, -0.05) is 163 Å². The van der Waals surface area contributed by atoms with Crippen LogP contribution < -0.4 is 58.9 Å². The van der Waals surface area contributed by atoms with Gasteiger partial charge in [-0.15, -0.1) is 57.8 Å². The van der Waals surface area contributed by atoms with Crippen molar-refractivity contribution in [3.8, 4) is 25.3 Å². The number of hydrogen-bond donors (Lipinski definition) is 5. The molecule has 7 N–H and O–H groups in total. The summed E-state index contributed by atoms with van der Waals surface area (Å²) in [4.78, 5) is 45.0. The zero-order valence-electron chi connectivity index (χ0n) is 55.8. The molecule has 5 aromatic heterocycles. The molecule has 0 amide bonds. The van der Waals surface area contributed by atoms with Crippen LogP contribution in [0.25, 0.3) is 0 Å². The summed E-state index contributed by atoms with van der Waals surface area (Å²) in [5.74, 6) is -1.42. The van der Waals surface area contributed by atoms with Crippen LogP contribution in [0.5, 0.6) is 25.3 Å². The van der Waals surface area contributed by atoms with E-state index < -0.39 is 5.97 Å². The van der Waals surface area contributed by atoms with E-state index in [4.69, 9.17) is 44.4 Å². The Morgan fingerprint density at radius 1 is 0.459 bits per heavy atom. The molecule has 24 heteroatoms. The first-order valence-electron chi connectivity index (χ1n) is 30.8. The Balaban J connectivity index is 0.000000589. The fourth-order valence-corrected chi connectivity index (χ4v) is 11.2. The zero-order valence-corrected chi connectivity index (χ0v) is 60.7. The second-order valence-electron chi connectivity index (χ2n) is 19.5. The first kappa shape index (κ1) is 88.4. The fourth-order valence-electron chi connectivity index (χ4n) is 7.70. The van der Waals surface area contributed by atoms with Gasteiger partial charge in [-0.05, 0) is 120 Å². The number of carbonyl (C=O) groups is 4. The Kier molecular flexibility index (Phi) is 52.6. The number of carboxylic acid groups (broad SMARTS) is 1. The van der Waals surface area contributed by atoms with E-state index in [1.54, 1.807) is 72.4 Å². The van der Waals surface area contributed by atoms with E-state index in [9.17, 15) is 19.2 Å². The molecule has 0 radical (unpaired) electrons. The molecule has 0 fully saturated rings. The van der Waals surface area contributed by atoms with Gasteiger partial charge < -0.3 is 65.2 Å². The average molecular weight is 1450 g/mol. The largest absolute Gasteiger partial charge is 1.00 e. The van der Waals surface area contributed by atoms with Gasteiger partial charge in [-0.3, -0.25) is 19.2 Å². The molecule has 0 aliphatic carbocycles. The Hall–Kier alpha value is -7.63. The summed E-state index contributed by atoms with van der Waals surface area (Å²) in [6.45, 7) is 8.71. The topological polar surface area (TPSA) is 253 Å². The second-order valence-corrected chi connectivity index (χ2v) is 24.7. The number of methoxy groups -OCH3 is 1. The van der Waals surface area contributed by atoms with Crippen LogP contribution in [0.15, 0.2) is 223 Å². The van der Waals surface area contributed by atoms with Crippen LogP contribution >= 0.6 is 69.1 Å². The number of thiophene rings is 5. The molecule has 0 atom stereocenters. The third-order valence-electron chi connectivity index (χ3n) is 12.3. The molecule has 0 aliphatic heterocycles. The Morgan fingerprint density at radius 2 is 0.816 bits per heavy atom. The van der Waals surface area contributed by atoms with Crippen molar-refractivity contribution in [1.82, 2.24) is 10.6 Å². The summed E-state index contributed by atoms with van der Waals surface area (Å²) in [5, 5.41) is 31.5. The summed E-state index contributed by atoms with van der Waals surface area (Å²) in [6.07, 6.45) is 5.24. The number of nitrogens with one attached hydrogen (secondary N) is 2. The number of aliphatic carboxylic acids is 1. The number of aliphatic hydroxyl groups is 1. The first-order valence-corrected chi connectivity index (χ1v) is 35.0. The van der Waals surface area contributed by atoms with Gasteiger partial charge in [-0.25, -0.2) is 0 Å². The summed E-state index contributed by atoms with van der Waals surface area (Å²) < 4.78 is 36.7. The zero-order chi connectivity index (χ0) is 68.0. The van der Waals surface area contributed by atoms with Crippen LogP contribution in [0.4, 0.5) is 0 Å². The molecule has 17 nitrogen and oxygen atoms in total. The minimum absolute atomic E-state index is 0. The normalized spacial score (nSPS) is 9.60.